The monoisotopic (exact) mass is 271 g/mol. The fourth-order valence-corrected chi connectivity index (χ4v) is 2.66. The summed E-state index contributed by atoms with van der Waals surface area (Å²) < 4.78 is 5.10. The molecule has 0 aliphatic rings. The zero-order valence-corrected chi connectivity index (χ0v) is 12.0. The smallest absolute Gasteiger partial charge is 0.345 e. The van der Waals surface area contributed by atoms with Gasteiger partial charge >= 0.3 is 5.97 Å². The number of hydrogen-bond acceptors (Lipinski definition) is 4. The molecule has 5 heteroatoms. The lowest BCUT2D eigenvalue weighted by Gasteiger charge is -2.23. The maximum Gasteiger partial charge on any atom is 0.345 e. The van der Waals surface area contributed by atoms with Crippen molar-refractivity contribution in [2.24, 2.45) is 5.92 Å². The molecule has 0 aliphatic heterocycles. The number of ether oxygens (including phenoxy) is 1. The largest absolute Gasteiger partial charge is 0.477 e. The van der Waals surface area contributed by atoms with E-state index in [1.165, 1.54) is 11.3 Å². The molecule has 0 radical (unpaired) electrons. The molecule has 1 rings (SSSR count). The second-order valence-electron chi connectivity index (χ2n) is 4.69. The van der Waals surface area contributed by atoms with Gasteiger partial charge in [-0.05, 0) is 18.1 Å². The van der Waals surface area contributed by atoms with Gasteiger partial charge in [0, 0.05) is 31.6 Å². The van der Waals surface area contributed by atoms with Crippen LogP contribution in [0.15, 0.2) is 12.1 Å². The summed E-state index contributed by atoms with van der Waals surface area (Å²) >= 11 is 1.35. The number of rotatable bonds is 8. The van der Waals surface area contributed by atoms with Gasteiger partial charge in [0.15, 0.2) is 0 Å². The van der Waals surface area contributed by atoms with Gasteiger partial charge in [0.1, 0.15) is 4.88 Å². The van der Waals surface area contributed by atoms with E-state index in [0.29, 0.717) is 17.4 Å². The van der Waals surface area contributed by atoms with Crippen LogP contribution in [0.25, 0.3) is 0 Å². The molecule has 0 spiro atoms. The van der Waals surface area contributed by atoms with E-state index in [1.54, 1.807) is 13.2 Å². The standard InChI is InChI=1S/C13H21NO3S/c1-10(2)8-14(6-7-17-3)9-11-4-5-12(18-11)13(15)16/h4-5,10H,6-9H2,1-3H3,(H,15,16). The Morgan fingerprint density at radius 3 is 2.72 bits per heavy atom. The Hall–Kier alpha value is -0.910. The summed E-state index contributed by atoms with van der Waals surface area (Å²) in [5.74, 6) is -0.265. The van der Waals surface area contributed by atoms with E-state index in [0.717, 1.165) is 24.5 Å². The van der Waals surface area contributed by atoms with Crippen LogP contribution in [0.1, 0.15) is 28.4 Å². The van der Waals surface area contributed by atoms with Crippen LogP contribution >= 0.6 is 11.3 Å². The van der Waals surface area contributed by atoms with E-state index in [2.05, 4.69) is 18.7 Å². The van der Waals surface area contributed by atoms with Gasteiger partial charge in [-0.25, -0.2) is 4.79 Å². The Morgan fingerprint density at radius 2 is 2.22 bits per heavy atom. The molecule has 1 heterocycles. The van der Waals surface area contributed by atoms with Crippen LogP contribution in [0.2, 0.25) is 0 Å². The van der Waals surface area contributed by atoms with Crippen LogP contribution in [0, 0.1) is 5.92 Å². The van der Waals surface area contributed by atoms with E-state index in [-0.39, 0.29) is 0 Å². The normalized spacial score (nSPS) is 11.4. The van der Waals surface area contributed by atoms with Crippen molar-refractivity contribution in [2.45, 2.75) is 20.4 Å². The molecule has 0 bridgehead atoms. The van der Waals surface area contributed by atoms with Gasteiger partial charge in [-0.2, -0.15) is 0 Å². The summed E-state index contributed by atoms with van der Waals surface area (Å²) in [5.41, 5.74) is 0. The first-order valence-corrected chi connectivity index (χ1v) is 6.88. The van der Waals surface area contributed by atoms with Crippen LogP contribution in [0.5, 0.6) is 0 Å². The van der Waals surface area contributed by atoms with Crippen LogP contribution in [-0.2, 0) is 11.3 Å². The van der Waals surface area contributed by atoms with Crippen LogP contribution < -0.4 is 0 Å². The maximum absolute atomic E-state index is 10.8. The topological polar surface area (TPSA) is 49.8 Å². The third-order valence-electron chi connectivity index (χ3n) is 2.49. The highest BCUT2D eigenvalue weighted by molar-refractivity contribution is 7.13. The van der Waals surface area contributed by atoms with Gasteiger partial charge in [-0.15, -0.1) is 11.3 Å². The molecule has 0 saturated carbocycles. The highest BCUT2D eigenvalue weighted by atomic mass is 32.1. The van der Waals surface area contributed by atoms with Gasteiger partial charge in [-0.3, -0.25) is 4.90 Å². The zero-order valence-electron chi connectivity index (χ0n) is 11.2. The number of hydrogen-bond donors (Lipinski definition) is 1. The van der Waals surface area contributed by atoms with E-state index in [1.807, 2.05) is 6.07 Å². The van der Waals surface area contributed by atoms with Crippen molar-refractivity contribution in [1.82, 2.24) is 4.90 Å². The van der Waals surface area contributed by atoms with E-state index in [4.69, 9.17) is 9.84 Å². The first-order chi connectivity index (χ1) is 8.52. The fourth-order valence-electron chi connectivity index (χ4n) is 1.77. The lowest BCUT2D eigenvalue weighted by atomic mass is 10.2. The van der Waals surface area contributed by atoms with Crippen LogP contribution in [0.3, 0.4) is 0 Å². The molecule has 0 aliphatic carbocycles. The zero-order chi connectivity index (χ0) is 13.5. The summed E-state index contributed by atoms with van der Waals surface area (Å²) in [6.07, 6.45) is 0. The van der Waals surface area contributed by atoms with Gasteiger partial charge in [0.2, 0.25) is 0 Å². The van der Waals surface area contributed by atoms with Gasteiger partial charge in [0.25, 0.3) is 0 Å². The summed E-state index contributed by atoms with van der Waals surface area (Å²) in [6.45, 7) is 7.70. The SMILES string of the molecule is COCCN(Cc1ccc(C(=O)O)s1)CC(C)C. The maximum atomic E-state index is 10.8. The average Bonchev–Trinajstić information content (AvgIpc) is 2.73. The quantitative estimate of drug-likeness (QED) is 0.789. The molecule has 18 heavy (non-hydrogen) atoms. The summed E-state index contributed by atoms with van der Waals surface area (Å²) in [4.78, 5) is 14.6. The second-order valence-corrected chi connectivity index (χ2v) is 5.86. The molecule has 0 atom stereocenters. The Bertz CT molecular complexity index is 376. The Morgan fingerprint density at radius 1 is 1.50 bits per heavy atom. The third-order valence-corrected chi connectivity index (χ3v) is 3.54. The number of thiophene rings is 1. The van der Waals surface area contributed by atoms with E-state index >= 15 is 0 Å². The van der Waals surface area contributed by atoms with Gasteiger partial charge in [0.05, 0.1) is 6.61 Å². The van der Waals surface area contributed by atoms with Crippen LogP contribution in [0.4, 0.5) is 0 Å². The first-order valence-electron chi connectivity index (χ1n) is 6.06. The molecule has 1 aromatic heterocycles. The van der Waals surface area contributed by atoms with Crippen molar-refractivity contribution in [2.75, 3.05) is 26.8 Å². The predicted octanol–water partition coefficient (Wildman–Crippen LogP) is 2.55. The fraction of sp³-hybridized carbons (Fsp3) is 0.615. The van der Waals surface area contributed by atoms with Gasteiger partial charge < -0.3 is 9.84 Å². The highest BCUT2D eigenvalue weighted by Crippen LogP contribution is 2.18. The van der Waals surface area contributed by atoms with Crippen molar-refractivity contribution in [3.05, 3.63) is 21.9 Å². The van der Waals surface area contributed by atoms with Crippen molar-refractivity contribution >= 4 is 17.3 Å². The minimum atomic E-state index is -0.849. The molecular formula is C13H21NO3S. The molecule has 1 aromatic rings. The van der Waals surface area contributed by atoms with Crippen molar-refractivity contribution in [3.8, 4) is 0 Å². The Kier molecular flexibility index (Phi) is 6.32. The van der Waals surface area contributed by atoms with Gasteiger partial charge in [-0.1, -0.05) is 13.8 Å². The molecule has 4 nitrogen and oxygen atoms in total. The number of carboxylic acid groups (broad SMARTS) is 1. The number of carbonyl (C=O) groups is 1. The van der Waals surface area contributed by atoms with E-state index < -0.39 is 5.97 Å². The number of nitrogens with zero attached hydrogens (tertiary/aromatic N) is 1. The van der Waals surface area contributed by atoms with Crippen molar-refractivity contribution in [1.29, 1.82) is 0 Å². The molecule has 0 aromatic carbocycles. The third kappa shape index (κ3) is 5.16. The number of aromatic carboxylic acids is 1. The number of carboxylic acids is 1. The molecular weight excluding hydrogens is 250 g/mol. The van der Waals surface area contributed by atoms with E-state index in [9.17, 15) is 4.79 Å². The molecule has 0 amide bonds. The summed E-state index contributed by atoms with van der Waals surface area (Å²) in [7, 11) is 1.70. The minimum Gasteiger partial charge on any atom is -0.477 e. The molecule has 0 unspecified atom stereocenters. The molecule has 0 fully saturated rings. The van der Waals surface area contributed by atoms with Crippen LogP contribution in [-0.4, -0.2) is 42.8 Å². The molecule has 0 saturated heterocycles. The van der Waals surface area contributed by atoms with Crippen molar-refractivity contribution < 1.29 is 14.6 Å². The highest BCUT2D eigenvalue weighted by Gasteiger charge is 2.12. The second kappa shape index (κ2) is 7.51. The first kappa shape index (κ1) is 15.1. The Labute approximate surface area is 112 Å². The summed E-state index contributed by atoms with van der Waals surface area (Å²) in [5, 5.41) is 8.90. The summed E-state index contributed by atoms with van der Waals surface area (Å²) in [6, 6.07) is 3.57. The molecule has 1 N–H and O–H groups in total. The number of methoxy groups -OCH3 is 1. The van der Waals surface area contributed by atoms with Crippen molar-refractivity contribution in [3.63, 3.8) is 0 Å². The average molecular weight is 271 g/mol. The lowest BCUT2D eigenvalue weighted by Crippen LogP contribution is -2.30. The molecule has 102 valence electrons. The Balaban J connectivity index is 2.59. The minimum absolute atomic E-state index is 0.404. The lowest BCUT2D eigenvalue weighted by molar-refractivity contribution is 0.0702. The predicted molar refractivity (Wildman–Crippen MR) is 73.3 cm³/mol.